The number of benzene rings is 1. The topological polar surface area (TPSA) is 61.9 Å². The highest BCUT2D eigenvalue weighted by Gasteiger charge is 2.58. The highest BCUT2D eigenvalue weighted by molar-refractivity contribution is 5.83. The first-order valence-electron chi connectivity index (χ1n) is 10.5. The molecule has 6 nitrogen and oxygen atoms in total. The molecular weight excluding hydrogens is 354 g/mol. The lowest BCUT2D eigenvalue weighted by Crippen LogP contribution is -2.51. The fraction of sp³-hybridized carbons (Fsp3) is 0.636. The second-order valence-corrected chi connectivity index (χ2v) is 8.42. The molecule has 3 fully saturated rings. The van der Waals surface area contributed by atoms with Gasteiger partial charge in [0, 0.05) is 38.5 Å². The van der Waals surface area contributed by atoms with Crippen molar-refractivity contribution in [3.05, 3.63) is 29.8 Å². The molecule has 28 heavy (non-hydrogen) atoms. The maximum absolute atomic E-state index is 12.9. The van der Waals surface area contributed by atoms with Crippen LogP contribution in [0.4, 0.5) is 0 Å². The molecule has 152 valence electrons. The molecule has 1 saturated carbocycles. The average Bonchev–Trinajstić information content (AvgIpc) is 3.45. The van der Waals surface area contributed by atoms with Crippen LogP contribution in [-0.4, -0.2) is 68.0 Å². The molecule has 2 heterocycles. The first kappa shape index (κ1) is 19.2. The molecular formula is C22H31N3O3. The molecule has 1 atom stereocenters. The normalized spacial score (nSPS) is 23.5. The van der Waals surface area contributed by atoms with E-state index in [4.69, 9.17) is 4.74 Å². The summed E-state index contributed by atoms with van der Waals surface area (Å²) in [5.74, 6) is 1.57. The van der Waals surface area contributed by atoms with Crippen molar-refractivity contribution in [3.63, 3.8) is 0 Å². The van der Waals surface area contributed by atoms with Gasteiger partial charge in [-0.2, -0.15) is 0 Å². The summed E-state index contributed by atoms with van der Waals surface area (Å²) in [6.07, 6.45) is 4.58. The van der Waals surface area contributed by atoms with Crippen LogP contribution in [0.15, 0.2) is 24.3 Å². The summed E-state index contributed by atoms with van der Waals surface area (Å²) in [4.78, 5) is 29.3. The highest BCUT2D eigenvalue weighted by atomic mass is 16.5. The molecule has 6 heteroatoms. The smallest absolute Gasteiger partial charge is 0.226 e. The van der Waals surface area contributed by atoms with Crippen molar-refractivity contribution in [2.45, 2.75) is 32.1 Å². The van der Waals surface area contributed by atoms with Crippen molar-refractivity contribution in [2.75, 3.05) is 46.4 Å². The number of hydrogen-bond donors (Lipinski definition) is 1. The molecule has 2 aliphatic heterocycles. The number of carbonyl (C=O) groups excluding carboxylic acids is 2. The molecule has 0 aromatic heterocycles. The van der Waals surface area contributed by atoms with Crippen LogP contribution in [0, 0.1) is 11.3 Å². The zero-order valence-electron chi connectivity index (χ0n) is 16.8. The molecule has 4 rings (SSSR count). The van der Waals surface area contributed by atoms with Gasteiger partial charge in [0.05, 0.1) is 7.11 Å². The number of methoxy groups -OCH3 is 1. The molecule has 2 saturated heterocycles. The summed E-state index contributed by atoms with van der Waals surface area (Å²) in [7, 11) is 1.65. The van der Waals surface area contributed by atoms with E-state index in [2.05, 4.69) is 5.32 Å². The van der Waals surface area contributed by atoms with E-state index >= 15 is 0 Å². The average molecular weight is 386 g/mol. The van der Waals surface area contributed by atoms with Gasteiger partial charge in [-0.15, -0.1) is 0 Å². The summed E-state index contributed by atoms with van der Waals surface area (Å²) in [5.41, 5.74) is 1.43. The number of aryl methyl sites for hydroxylation is 1. The Morgan fingerprint density at radius 3 is 2.36 bits per heavy atom. The van der Waals surface area contributed by atoms with Gasteiger partial charge >= 0.3 is 0 Å². The fourth-order valence-corrected chi connectivity index (χ4v) is 4.77. The fourth-order valence-electron chi connectivity index (χ4n) is 4.77. The molecule has 1 N–H and O–H groups in total. The minimum Gasteiger partial charge on any atom is -0.497 e. The number of ether oxygens (including phenoxy) is 1. The first-order valence-corrected chi connectivity index (χ1v) is 10.5. The van der Waals surface area contributed by atoms with E-state index in [0.29, 0.717) is 38.5 Å². The molecule has 1 spiro atoms. The molecule has 3 aliphatic rings. The Morgan fingerprint density at radius 1 is 1.07 bits per heavy atom. The predicted octanol–water partition coefficient (Wildman–Crippen LogP) is 1.69. The van der Waals surface area contributed by atoms with Crippen molar-refractivity contribution >= 4 is 11.8 Å². The summed E-state index contributed by atoms with van der Waals surface area (Å²) in [5, 5.41) is 3.39. The number of piperidine rings is 1. The van der Waals surface area contributed by atoms with Gasteiger partial charge in [0.15, 0.2) is 0 Å². The zero-order chi connectivity index (χ0) is 19.6. The molecule has 1 aromatic carbocycles. The predicted molar refractivity (Wildman–Crippen MR) is 107 cm³/mol. The Balaban J connectivity index is 1.21. The SMILES string of the molecule is COc1ccc(CCC(=O)N2CCN(C(=O)C3CC34CCNCC4)CC2)cc1. The summed E-state index contributed by atoms with van der Waals surface area (Å²) >= 11 is 0. The first-order chi connectivity index (χ1) is 13.6. The summed E-state index contributed by atoms with van der Waals surface area (Å²) < 4.78 is 5.17. The van der Waals surface area contributed by atoms with Gasteiger partial charge in [-0.25, -0.2) is 0 Å². The monoisotopic (exact) mass is 385 g/mol. The third kappa shape index (κ3) is 4.02. The maximum Gasteiger partial charge on any atom is 0.226 e. The quantitative estimate of drug-likeness (QED) is 0.838. The molecule has 0 radical (unpaired) electrons. The molecule has 1 unspecified atom stereocenters. The van der Waals surface area contributed by atoms with E-state index in [9.17, 15) is 9.59 Å². The lowest BCUT2D eigenvalue weighted by Gasteiger charge is -2.35. The third-order valence-electron chi connectivity index (χ3n) is 6.82. The van der Waals surface area contributed by atoms with Gasteiger partial charge in [0.1, 0.15) is 5.75 Å². The van der Waals surface area contributed by atoms with Gasteiger partial charge in [-0.3, -0.25) is 9.59 Å². The Bertz CT molecular complexity index is 704. The van der Waals surface area contributed by atoms with Gasteiger partial charge in [-0.05, 0) is 61.9 Å². The zero-order valence-corrected chi connectivity index (χ0v) is 16.8. The number of hydrogen-bond acceptors (Lipinski definition) is 4. The van der Waals surface area contributed by atoms with Gasteiger partial charge in [0.25, 0.3) is 0 Å². The Morgan fingerprint density at radius 2 is 1.71 bits per heavy atom. The molecule has 0 bridgehead atoms. The van der Waals surface area contributed by atoms with Gasteiger partial charge in [-0.1, -0.05) is 12.1 Å². The van der Waals surface area contributed by atoms with E-state index in [0.717, 1.165) is 50.1 Å². The number of carbonyl (C=O) groups is 2. The number of amides is 2. The standard InChI is InChI=1S/C22H31N3O3/c1-28-18-5-2-17(3-6-18)4-7-20(26)24-12-14-25(15-13-24)21(27)19-16-22(19)8-10-23-11-9-22/h2-3,5-6,19,23H,4,7-16H2,1H3. The second kappa shape index (κ2) is 8.11. The van der Waals surface area contributed by atoms with Crippen LogP contribution < -0.4 is 10.1 Å². The number of nitrogens with zero attached hydrogens (tertiary/aromatic N) is 2. The Labute approximate surface area is 167 Å². The van der Waals surface area contributed by atoms with Crippen LogP contribution in [-0.2, 0) is 16.0 Å². The molecule has 2 amide bonds. The van der Waals surface area contributed by atoms with E-state index < -0.39 is 0 Å². The van der Waals surface area contributed by atoms with Crippen LogP contribution in [0.3, 0.4) is 0 Å². The number of rotatable bonds is 5. The Kier molecular flexibility index (Phi) is 5.58. The van der Waals surface area contributed by atoms with E-state index in [1.165, 1.54) is 0 Å². The van der Waals surface area contributed by atoms with E-state index in [1.807, 2.05) is 34.1 Å². The van der Waals surface area contributed by atoms with Crippen molar-refractivity contribution < 1.29 is 14.3 Å². The number of nitrogens with one attached hydrogen (secondary N) is 1. The molecule has 1 aromatic rings. The van der Waals surface area contributed by atoms with E-state index in [1.54, 1.807) is 7.11 Å². The van der Waals surface area contributed by atoms with Gasteiger partial charge in [0.2, 0.25) is 11.8 Å². The van der Waals surface area contributed by atoms with Crippen LogP contribution >= 0.6 is 0 Å². The minimum absolute atomic E-state index is 0.184. The second-order valence-electron chi connectivity index (χ2n) is 8.42. The summed E-state index contributed by atoms with van der Waals surface area (Å²) in [6.45, 7) is 4.76. The van der Waals surface area contributed by atoms with Gasteiger partial charge < -0.3 is 19.9 Å². The van der Waals surface area contributed by atoms with Crippen molar-refractivity contribution in [2.24, 2.45) is 11.3 Å². The third-order valence-corrected chi connectivity index (χ3v) is 6.82. The lowest BCUT2D eigenvalue weighted by atomic mass is 9.91. The number of piperazine rings is 1. The van der Waals surface area contributed by atoms with Crippen molar-refractivity contribution in [3.8, 4) is 5.75 Å². The Hall–Kier alpha value is -2.08. The van der Waals surface area contributed by atoms with Crippen LogP contribution in [0.1, 0.15) is 31.2 Å². The largest absolute Gasteiger partial charge is 0.497 e. The summed E-state index contributed by atoms with van der Waals surface area (Å²) in [6, 6.07) is 7.87. The van der Waals surface area contributed by atoms with Crippen LogP contribution in [0.2, 0.25) is 0 Å². The maximum atomic E-state index is 12.9. The van der Waals surface area contributed by atoms with E-state index in [-0.39, 0.29) is 17.2 Å². The lowest BCUT2D eigenvalue weighted by molar-refractivity contribution is -0.141. The van der Waals surface area contributed by atoms with Crippen molar-refractivity contribution in [1.29, 1.82) is 0 Å². The minimum atomic E-state index is 0.184. The van der Waals surface area contributed by atoms with Crippen LogP contribution in [0.5, 0.6) is 5.75 Å². The highest BCUT2D eigenvalue weighted by Crippen LogP contribution is 2.59. The molecule has 1 aliphatic carbocycles. The van der Waals surface area contributed by atoms with Crippen molar-refractivity contribution in [1.82, 2.24) is 15.1 Å². The van der Waals surface area contributed by atoms with Crippen LogP contribution in [0.25, 0.3) is 0 Å².